The Morgan fingerprint density at radius 1 is 1.19 bits per heavy atom. The van der Waals surface area contributed by atoms with Crippen LogP contribution in [-0.4, -0.2) is 13.3 Å². The summed E-state index contributed by atoms with van der Waals surface area (Å²) < 4.78 is 30.5. The lowest BCUT2D eigenvalue weighted by Gasteiger charge is -2.26. The number of hydrogen-bond donors (Lipinski definition) is 0. The van der Waals surface area contributed by atoms with E-state index in [-0.39, 0.29) is 17.5 Å². The fraction of sp³-hybridized carbons (Fsp3) is 0.150. The van der Waals surface area contributed by atoms with Gasteiger partial charge < -0.3 is 4.65 Å². The molecule has 1 heterocycles. The SMILES string of the molecule is CC(=O)C1=C(OB(F)F)C=C(C=Cc2cccs2)CC1c1ccccc1. The summed E-state index contributed by atoms with van der Waals surface area (Å²) in [6.07, 6.45) is 5.94. The summed E-state index contributed by atoms with van der Waals surface area (Å²) in [5, 5.41) is 1.97. The van der Waals surface area contributed by atoms with Crippen molar-refractivity contribution in [3.8, 4) is 0 Å². The second-order valence-electron chi connectivity index (χ2n) is 5.95. The molecule has 0 bridgehead atoms. The lowest BCUT2D eigenvalue weighted by molar-refractivity contribution is -0.114. The van der Waals surface area contributed by atoms with E-state index in [1.165, 1.54) is 6.92 Å². The standard InChI is InChI=1S/C20H17BF2O2S/c1-14(24)20-18(16-6-3-2-4-7-16)12-15(13-19(20)25-21(22)23)9-10-17-8-5-11-26-17/h2-11,13,18H,12H2,1H3. The highest BCUT2D eigenvalue weighted by Gasteiger charge is 2.31. The molecule has 0 amide bonds. The van der Waals surface area contributed by atoms with Gasteiger partial charge in [0.2, 0.25) is 0 Å². The van der Waals surface area contributed by atoms with E-state index >= 15 is 0 Å². The van der Waals surface area contributed by atoms with E-state index < -0.39 is 7.47 Å². The first-order chi connectivity index (χ1) is 12.5. The van der Waals surface area contributed by atoms with Gasteiger partial charge in [-0.15, -0.1) is 11.3 Å². The first-order valence-corrected chi connectivity index (χ1v) is 9.09. The van der Waals surface area contributed by atoms with Gasteiger partial charge >= 0.3 is 7.47 Å². The molecule has 0 N–H and O–H groups in total. The Kier molecular flexibility index (Phi) is 5.83. The maximum Gasteiger partial charge on any atom is 0.796 e. The summed E-state index contributed by atoms with van der Waals surface area (Å²) in [6, 6.07) is 13.4. The van der Waals surface area contributed by atoms with Crippen LogP contribution in [-0.2, 0) is 9.45 Å². The van der Waals surface area contributed by atoms with Crippen LogP contribution in [0.5, 0.6) is 0 Å². The topological polar surface area (TPSA) is 26.3 Å². The Hall–Kier alpha value is -2.47. The third-order valence-corrected chi connectivity index (χ3v) is 5.01. The highest BCUT2D eigenvalue weighted by Crippen LogP contribution is 2.39. The van der Waals surface area contributed by atoms with Crippen LogP contribution in [0.3, 0.4) is 0 Å². The Balaban J connectivity index is 2.03. The Labute approximate surface area is 155 Å². The molecule has 2 nitrogen and oxygen atoms in total. The van der Waals surface area contributed by atoms with Gasteiger partial charge in [-0.05, 0) is 48.1 Å². The van der Waals surface area contributed by atoms with Gasteiger partial charge in [-0.1, -0.05) is 42.5 Å². The Bertz CT molecular complexity index is 855. The van der Waals surface area contributed by atoms with Gasteiger partial charge in [0.15, 0.2) is 5.78 Å². The van der Waals surface area contributed by atoms with Crippen molar-refractivity contribution in [2.45, 2.75) is 19.3 Å². The second kappa shape index (κ2) is 8.28. The molecule has 0 saturated carbocycles. The summed E-state index contributed by atoms with van der Waals surface area (Å²) in [5.74, 6) is -0.610. The lowest BCUT2D eigenvalue weighted by Crippen LogP contribution is -2.19. The minimum atomic E-state index is -2.98. The maximum absolute atomic E-state index is 12.9. The minimum Gasteiger partial charge on any atom is -0.505 e. The predicted octanol–water partition coefficient (Wildman–Crippen LogP) is 5.66. The number of Topliss-reactive ketones (excluding diaryl/α,β-unsaturated/α-hetero) is 1. The zero-order chi connectivity index (χ0) is 18.5. The van der Waals surface area contributed by atoms with Gasteiger partial charge in [-0.2, -0.15) is 0 Å². The van der Waals surface area contributed by atoms with Crippen molar-refractivity contribution in [2.75, 3.05) is 0 Å². The number of hydrogen-bond acceptors (Lipinski definition) is 3. The first-order valence-electron chi connectivity index (χ1n) is 8.21. The molecule has 0 spiro atoms. The number of thiophene rings is 1. The van der Waals surface area contributed by atoms with Crippen molar-refractivity contribution >= 4 is 30.7 Å². The van der Waals surface area contributed by atoms with Crippen molar-refractivity contribution < 1.29 is 18.1 Å². The highest BCUT2D eigenvalue weighted by molar-refractivity contribution is 7.10. The molecule has 1 atom stereocenters. The average Bonchev–Trinajstić information content (AvgIpc) is 3.13. The summed E-state index contributed by atoms with van der Waals surface area (Å²) in [5.41, 5.74) is 2.04. The van der Waals surface area contributed by atoms with E-state index in [2.05, 4.69) is 0 Å². The largest absolute Gasteiger partial charge is 0.796 e. The van der Waals surface area contributed by atoms with E-state index in [4.69, 9.17) is 4.65 Å². The molecule has 0 aliphatic heterocycles. The van der Waals surface area contributed by atoms with Gasteiger partial charge in [0.05, 0.1) is 0 Å². The molecule has 6 heteroatoms. The van der Waals surface area contributed by atoms with E-state index in [9.17, 15) is 13.4 Å². The molecule has 0 fully saturated rings. The fourth-order valence-electron chi connectivity index (χ4n) is 3.09. The lowest BCUT2D eigenvalue weighted by atomic mass is 9.79. The molecule has 1 aromatic heterocycles. The third kappa shape index (κ3) is 4.38. The third-order valence-electron chi connectivity index (χ3n) is 4.17. The van der Waals surface area contributed by atoms with E-state index in [0.29, 0.717) is 12.0 Å². The van der Waals surface area contributed by atoms with Gasteiger partial charge in [-0.3, -0.25) is 4.79 Å². The summed E-state index contributed by atoms with van der Waals surface area (Å²) in [7, 11) is -2.98. The van der Waals surface area contributed by atoms with Crippen molar-refractivity contribution in [3.63, 3.8) is 0 Å². The number of halogens is 2. The van der Waals surface area contributed by atoms with Crippen molar-refractivity contribution in [3.05, 3.63) is 87.3 Å². The van der Waals surface area contributed by atoms with Crippen LogP contribution in [0.25, 0.3) is 6.08 Å². The molecule has 0 radical (unpaired) electrons. The Morgan fingerprint density at radius 3 is 2.58 bits per heavy atom. The van der Waals surface area contributed by atoms with Crippen LogP contribution < -0.4 is 0 Å². The molecule has 1 aliphatic rings. The molecule has 26 heavy (non-hydrogen) atoms. The molecule has 2 aromatic rings. The normalized spacial score (nSPS) is 17.3. The van der Waals surface area contributed by atoms with Crippen molar-refractivity contribution in [1.82, 2.24) is 0 Å². The van der Waals surface area contributed by atoms with Gasteiger partial charge in [0.1, 0.15) is 5.76 Å². The monoisotopic (exact) mass is 370 g/mol. The number of allylic oxidation sites excluding steroid dienone is 4. The van der Waals surface area contributed by atoms with E-state index in [1.54, 1.807) is 17.4 Å². The molecular formula is C20H17BF2O2S. The van der Waals surface area contributed by atoms with Gasteiger partial charge in [0, 0.05) is 16.4 Å². The fourth-order valence-corrected chi connectivity index (χ4v) is 3.71. The average molecular weight is 370 g/mol. The van der Waals surface area contributed by atoms with Crippen LogP contribution in [0.4, 0.5) is 8.63 Å². The van der Waals surface area contributed by atoms with Crippen LogP contribution in [0.15, 0.2) is 76.9 Å². The zero-order valence-electron chi connectivity index (χ0n) is 14.2. The second-order valence-corrected chi connectivity index (χ2v) is 6.93. The molecule has 1 aliphatic carbocycles. The van der Waals surface area contributed by atoms with Crippen LogP contribution in [0.2, 0.25) is 0 Å². The van der Waals surface area contributed by atoms with Gasteiger partial charge in [-0.25, -0.2) is 8.63 Å². The molecule has 1 aromatic carbocycles. The first kappa shape index (κ1) is 18.3. The smallest absolute Gasteiger partial charge is 0.505 e. The molecule has 132 valence electrons. The number of carbonyl (C=O) groups is 1. The predicted molar refractivity (Wildman–Crippen MR) is 102 cm³/mol. The van der Waals surface area contributed by atoms with E-state index in [0.717, 1.165) is 16.0 Å². The van der Waals surface area contributed by atoms with Crippen molar-refractivity contribution in [1.29, 1.82) is 0 Å². The molecule has 1 unspecified atom stereocenters. The number of benzene rings is 1. The summed E-state index contributed by atoms with van der Waals surface area (Å²) in [4.78, 5) is 13.3. The highest BCUT2D eigenvalue weighted by atomic mass is 32.1. The molecule has 0 saturated heterocycles. The zero-order valence-corrected chi connectivity index (χ0v) is 15.0. The quantitative estimate of drug-likeness (QED) is 0.614. The van der Waals surface area contributed by atoms with Crippen LogP contribution in [0.1, 0.15) is 29.7 Å². The minimum absolute atomic E-state index is 0.0431. The van der Waals surface area contributed by atoms with E-state index in [1.807, 2.05) is 60.0 Å². The number of rotatable bonds is 6. The molecular weight excluding hydrogens is 353 g/mol. The van der Waals surface area contributed by atoms with Crippen LogP contribution in [0, 0.1) is 0 Å². The van der Waals surface area contributed by atoms with Gasteiger partial charge in [0.25, 0.3) is 0 Å². The van der Waals surface area contributed by atoms with Crippen LogP contribution >= 0.6 is 11.3 Å². The summed E-state index contributed by atoms with van der Waals surface area (Å²) in [6.45, 7) is 1.39. The maximum atomic E-state index is 12.9. The molecule has 3 rings (SSSR count). The number of carbonyl (C=O) groups excluding carboxylic acids is 1. The summed E-state index contributed by atoms with van der Waals surface area (Å²) >= 11 is 1.59. The number of ketones is 1. The van der Waals surface area contributed by atoms with Crippen molar-refractivity contribution in [2.24, 2.45) is 0 Å². The Morgan fingerprint density at radius 2 is 1.96 bits per heavy atom.